The van der Waals surface area contributed by atoms with Gasteiger partial charge in [0.1, 0.15) is 11.6 Å². The van der Waals surface area contributed by atoms with Gasteiger partial charge in [0.25, 0.3) is 0 Å². The van der Waals surface area contributed by atoms with Crippen LogP contribution in [0.2, 0.25) is 0 Å². The standard InChI is InChI=1S/C13H16O2/c1-5-9-7-3-6-8(11(7)14)4-13(2,10(6)9)12(5)15/h5-10H,3-4H2,1-2H3/t5-,6+,7+,8+,9+,10-,13-/m1/s1. The lowest BCUT2D eigenvalue weighted by Crippen LogP contribution is -2.32. The summed E-state index contributed by atoms with van der Waals surface area (Å²) in [7, 11) is 0. The summed E-state index contributed by atoms with van der Waals surface area (Å²) in [4.78, 5) is 24.4. The Kier molecular flexibility index (Phi) is 1.17. The van der Waals surface area contributed by atoms with Crippen LogP contribution in [0.3, 0.4) is 0 Å². The van der Waals surface area contributed by atoms with Gasteiger partial charge in [0, 0.05) is 23.2 Å². The first-order chi connectivity index (χ1) is 7.05. The first-order valence-electron chi connectivity index (χ1n) is 6.14. The Morgan fingerprint density at radius 1 is 1.27 bits per heavy atom. The van der Waals surface area contributed by atoms with Crippen molar-refractivity contribution in [3.8, 4) is 0 Å². The molecule has 0 aromatic carbocycles. The molecule has 4 rings (SSSR count). The third kappa shape index (κ3) is 0.626. The van der Waals surface area contributed by atoms with Gasteiger partial charge in [0.2, 0.25) is 0 Å². The molecule has 0 N–H and O–H groups in total. The maximum absolute atomic E-state index is 12.3. The van der Waals surface area contributed by atoms with Crippen LogP contribution in [0.25, 0.3) is 0 Å². The summed E-state index contributed by atoms with van der Waals surface area (Å²) < 4.78 is 0. The molecule has 80 valence electrons. The summed E-state index contributed by atoms with van der Waals surface area (Å²) in [6, 6.07) is 0. The minimum atomic E-state index is -0.125. The van der Waals surface area contributed by atoms with Gasteiger partial charge in [-0.05, 0) is 30.6 Å². The van der Waals surface area contributed by atoms with Gasteiger partial charge in [-0.3, -0.25) is 9.59 Å². The maximum Gasteiger partial charge on any atom is 0.142 e. The largest absolute Gasteiger partial charge is 0.299 e. The number of fused-ring (bicyclic) bond motifs is 2. The summed E-state index contributed by atoms with van der Waals surface area (Å²) >= 11 is 0. The topological polar surface area (TPSA) is 34.1 Å². The molecule has 0 radical (unpaired) electrons. The monoisotopic (exact) mass is 204 g/mol. The molecule has 4 fully saturated rings. The average molecular weight is 204 g/mol. The van der Waals surface area contributed by atoms with Gasteiger partial charge >= 0.3 is 0 Å². The lowest BCUT2D eigenvalue weighted by molar-refractivity contribution is -0.132. The van der Waals surface area contributed by atoms with E-state index < -0.39 is 0 Å². The fourth-order valence-corrected chi connectivity index (χ4v) is 5.70. The highest BCUT2D eigenvalue weighted by Crippen LogP contribution is 2.73. The number of carbonyl (C=O) groups excluding carboxylic acids is 2. The molecule has 4 aliphatic carbocycles. The van der Waals surface area contributed by atoms with Gasteiger partial charge < -0.3 is 0 Å². The van der Waals surface area contributed by atoms with E-state index in [1.54, 1.807) is 0 Å². The quantitative estimate of drug-likeness (QED) is 0.601. The third-order valence-corrected chi connectivity index (χ3v) is 6.05. The van der Waals surface area contributed by atoms with Gasteiger partial charge in [-0.2, -0.15) is 0 Å². The molecule has 0 unspecified atom stereocenters. The summed E-state index contributed by atoms with van der Waals surface area (Å²) in [6.45, 7) is 4.18. The second kappa shape index (κ2) is 2.07. The molecule has 2 heteroatoms. The molecular weight excluding hydrogens is 188 g/mol. The molecule has 0 heterocycles. The van der Waals surface area contributed by atoms with Gasteiger partial charge in [-0.25, -0.2) is 0 Å². The Labute approximate surface area is 89.4 Å². The minimum Gasteiger partial charge on any atom is -0.299 e. The lowest BCUT2D eigenvalue weighted by atomic mass is 9.76. The minimum absolute atomic E-state index is 0.125. The van der Waals surface area contributed by atoms with E-state index in [0.717, 1.165) is 12.8 Å². The van der Waals surface area contributed by atoms with Gasteiger partial charge in [0.15, 0.2) is 0 Å². The zero-order chi connectivity index (χ0) is 10.5. The first kappa shape index (κ1) is 8.49. The van der Waals surface area contributed by atoms with Crippen LogP contribution in [0.1, 0.15) is 26.7 Å². The molecule has 0 spiro atoms. The number of Topliss-reactive ketones (excluding diaryl/α,β-unsaturated/α-hetero) is 2. The van der Waals surface area contributed by atoms with Crippen LogP contribution in [0.5, 0.6) is 0 Å². The van der Waals surface area contributed by atoms with Crippen LogP contribution in [0.4, 0.5) is 0 Å². The number of hydrogen-bond acceptors (Lipinski definition) is 2. The van der Waals surface area contributed by atoms with E-state index in [9.17, 15) is 9.59 Å². The second-order valence-corrected chi connectivity index (χ2v) is 6.39. The summed E-state index contributed by atoms with van der Waals surface area (Å²) in [6.07, 6.45) is 1.98. The van der Waals surface area contributed by atoms with E-state index in [-0.39, 0.29) is 23.2 Å². The number of carbonyl (C=O) groups is 2. The molecule has 4 aliphatic rings. The summed E-state index contributed by atoms with van der Waals surface area (Å²) in [5, 5.41) is 0. The van der Waals surface area contributed by atoms with E-state index in [1.807, 2.05) is 0 Å². The predicted molar refractivity (Wildman–Crippen MR) is 54.0 cm³/mol. The Bertz CT molecular complexity index is 399. The third-order valence-electron chi connectivity index (χ3n) is 6.05. The van der Waals surface area contributed by atoms with E-state index in [0.29, 0.717) is 29.3 Å². The van der Waals surface area contributed by atoms with Gasteiger partial charge in [0.05, 0.1) is 0 Å². The number of ketones is 2. The van der Waals surface area contributed by atoms with Crippen molar-refractivity contribution in [2.24, 2.45) is 40.9 Å². The molecule has 15 heavy (non-hydrogen) atoms. The maximum atomic E-state index is 12.3. The average Bonchev–Trinajstić information content (AvgIpc) is 2.82. The SMILES string of the molecule is C[C@H]1C(=O)[C@]2(C)C[C@@H]3C(=O)[C@H]4C[C@@H]3[C@@H]2[C@H]41. The highest BCUT2D eigenvalue weighted by atomic mass is 16.1. The van der Waals surface area contributed by atoms with Crippen LogP contribution in [0.15, 0.2) is 0 Å². The predicted octanol–water partition coefficient (Wildman–Crippen LogP) is 1.68. The van der Waals surface area contributed by atoms with Crippen molar-refractivity contribution in [3.05, 3.63) is 0 Å². The molecule has 0 aromatic heterocycles. The molecule has 0 saturated heterocycles. The van der Waals surface area contributed by atoms with Crippen LogP contribution < -0.4 is 0 Å². The van der Waals surface area contributed by atoms with Gasteiger partial charge in [-0.15, -0.1) is 0 Å². The van der Waals surface area contributed by atoms with Crippen molar-refractivity contribution in [1.29, 1.82) is 0 Å². The van der Waals surface area contributed by atoms with Crippen molar-refractivity contribution in [2.75, 3.05) is 0 Å². The van der Waals surface area contributed by atoms with E-state index in [2.05, 4.69) is 13.8 Å². The van der Waals surface area contributed by atoms with E-state index in [1.165, 1.54) is 0 Å². The molecule has 0 amide bonds. The highest BCUT2D eigenvalue weighted by Gasteiger charge is 2.74. The highest BCUT2D eigenvalue weighted by molar-refractivity contribution is 5.98. The number of rotatable bonds is 0. The van der Waals surface area contributed by atoms with E-state index >= 15 is 0 Å². The fraction of sp³-hybridized carbons (Fsp3) is 0.846. The molecular formula is C13H16O2. The summed E-state index contributed by atoms with van der Waals surface area (Å²) in [5.74, 6) is 3.19. The van der Waals surface area contributed by atoms with Crippen molar-refractivity contribution in [2.45, 2.75) is 26.7 Å². The normalized spacial score (nSPS) is 64.7. The Morgan fingerprint density at radius 3 is 2.73 bits per heavy atom. The summed E-state index contributed by atoms with van der Waals surface area (Å²) in [5.41, 5.74) is -0.125. The molecule has 4 saturated carbocycles. The lowest BCUT2D eigenvalue weighted by Gasteiger charge is -2.26. The molecule has 0 aromatic rings. The zero-order valence-electron chi connectivity index (χ0n) is 9.19. The van der Waals surface area contributed by atoms with Crippen molar-refractivity contribution >= 4 is 11.6 Å². The molecule has 2 bridgehead atoms. The van der Waals surface area contributed by atoms with Gasteiger partial charge in [-0.1, -0.05) is 13.8 Å². The fourth-order valence-electron chi connectivity index (χ4n) is 5.70. The Hall–Kier alpha value is -0.660. The Morgan fingerprint density at radius 2 is 2.00 bits per heavy atom. The van der Waals surface area contributed by atoms with Crippen molar-refractivity contribution < 1.29 is 9.59 Å². The number of hydrogen-bond donors (Lipinski definition) is 0. The van der Waals surface area contributed by atoms with E-state index in [4.69, 9.17) is 0 Å². The first-order valence-corrected chi connectivity index (χ1v) is 6.14. The zero-order valence-corrected chi connectivity index (χ0v) is 9.19. The van der Waals surface area contributed by atoms with Crippen molar-refractivity contribution in [3.63, 3.8) is 0 Å². The van der Waals surface area contributed by atoms with Crippen molar-refractivity contribution in [1.82, 2.24) is 0 Å². The van der Waals surface area contributed by atoms with Crippen LogP contribution >= 0.6 is 0 Å². The van der Waals surface area contributed by atoms with Crippen LogP contribution in [-0.4, -0.2) is 11.6 Å². The molecule has 7 atom stereocenters. The van der Waals surface area contributed by atoms with Crippen LogP contribution in [-0.2, 0) is 9.59 Å². The molecule has 2 nitrogen and oxygen atoms in total. The smallest absolute Gasteiger partial charge is 0.142 e. The second-order valence-electron chi connectivity index (χ2n) is 6.39. The van der Waals surface area contributed by atoms with Crippen LogP contribution in [0, 0.1) is 40.9 Å². The Balaban J connectivity index is 1.96. The molecule has 0 aliphatic heterocycles.